The Labute approximate surface area is 178 Å². The highest BCUT2D eigenvalue weighted by atomic mass is 32.2. The maximum atomic E-state index is 12.5. The van der Waals surface area contributed by atoms with Crippen LogP contribution in [-0.4, -0.2) is 22.1 Å². The monoisotopic (exact) mass is 417 g/mol. The average Bonchev–Trinajstić information content (AvgIpc) is 2.80. The minimum absolute atomic E-state index is 0.208. The molecule has 152 valence electrons. The van der Waals surface area contributed by atoms with Gasteiger partial charge in [-0.05, 0) is 48.4 Å². The molecular formula is C25H23NO3S. The zero-order chi connectivity index (χ0) is 21.2. The van der Waals surface area contributed by atoms with Crippen molar-refractivity contribution in [2.24, 2.45) is 0 Å². The molecule has 30 heavy (non-hydrogen) atoms. The maximum absolute atomic E-state index is 12.5. The Balaban J connectivity index is 1.70. The summed E-state index contributed by atoms with van der Waals surface area (Å²) in [4.78, 5) is 0.208. The van der Waals surface area contributed by atoms with Gasteiger partial charge in [-0.25, -0.2) is 13.1 Å². The number of hydrogen-bond donors (Lipinski definition) is 1. The van der Waals surface area contributed by atoms with E-state index >= 15 is 0 Å². The zero-order valence-corrected chi connectivity index (χ0v) is 17.5. The van der Waals surface area contributed by atoms with Crippen molar-refractivity contribution in [3.05, 3.63) is 102 Å². The summed E-state index contributed by atoms with van der Waals surface area (Å²) in [5, 5.41) is 0. The highest BCUT2D eigenvalue weighted by Gasteiger charge is 2.12. The molecule has 0 heterocycles. The molecule has 0 aromatic heterocycles. The Morgan fingerprint density at radius 1 is 0.933 bits per heavy atom. The van der Waals surface area contributed by atoms with Crippen molar-refractivity contribution in [2.75, 3.05) is 13.7 Å². The van der Waals surface area contributed by atoms with Gasteiger partial charge in [-0.1, -0.05) is 66.4 Å². The minimum Gasteiger partial charge on any atom is -0.497 e. The molecule has 0 aliphatic carbocycles. The molecule has 0 radical (unpaired) electrons. The number of methoxy groups -OCH3 is 1. The van der Waals surface area contributed by atoms with E-state index in [1.807, 2.05) is 66.7 Å². The molecule has 0 saturated heterocycles. The van der Waals surface area contributed by atoms with Gasteiger partial charge in [-0.3, -0.25) is 0 Å². The quantitative estimate of drug-likeness (QED) is 0.455. The highest BCUT2D eigenvalue weighted by Crippen LogP contribution is 2.16. The van der Waals surface area contributed by atoms with E-state index in [2.05, 4.69) is 16.6 Å². The Kier molecular flexibility index (Phi) is 7.45. The molecule has 0 fully saturated rings. The lowest BCUT2D eigenvalue weighted by atomic mass is 10.0. The van der Waals surface area contributed by atoms with Crippen molar-refractivity contribution in [2.45, 2.75) is 11.3 Å². The van der Waals surface area contributed by atoms with Crippen LogP contribution in [0.5, 0.6) is 5.75 Å². The second-order valence-corrected chi connectivity index (χ2v) is 8.23. The van der Waals surface area contributed by atoms with Crippen LogP contribution in [-0.2, 0) is 10.0 Å². The first-order valence-electron chi connectivity index (χ1n) is 9.55. The number of rotatable bonds is 7. The summed E-state index contributed by atoms with van der Waals surface area (Å²) in [5.41, 5.74) is 2.79. The molecule has 3 aromatic rings. The second-order valence-electron chi connectivity index (χ2n) is 6.46. The second kappa shape index (κ2) is 10.4. The Hall–Kier alpha value is -3.33. The molecule has 3 rings (SSSR count). The van der Waals surface area contributed by atoms with Crippen LogP contribution in [0.2, 0.25) is 0 Å². The van der Waals surface area contributed by atoms with Crippen molar-refractivity contribution in [1.82, 2.24) is 4.72 Å². The largest absolute Gasteiger partial charge is 0.497 e. The summed E-state index contributed by atoms with van der Waals surface area (Å²) in [6.07, 6.45) is 2.48. The summed E-state index contributed by atoms with van der Waals surface area (Å²) in [5.74, 6) is 6.99. The van der Waals surface area contributed by atoms with Gasteiger partial charge in [-0.15, -0.1) is 0 Å². The Bertz CT molecular complexity index is 1140. The fourth-order valence-corrected chi connectivity index (χ4v) is 3.82. The Morgan fingerprint density at radius 2 is 1.57 bits per heavy atom. The number of sulfonamides is 1. The Morgan fingerprint density at radius 3 is 2.20 bits per heavy atom. The SMILES string of the molecule is COc1ccc(S(=O)(=O)NCC/C=C(\C#Cc2ccccc2)c2ccccc2)cc1. The summed E-state index contributed by atoms with van der Waals surface area (Å²) < 4.78 is 32.6. The molecule has 0 unspecified atom stereocenters. The van der Waals surface area contributed by atoms with Gasteiger partial charge in [0.05, 0.1) is 12.0 Å². The van der Waals surface area contributed by atoms with Crippen molar-refractivity contribution < 1.29 is 13.2 Å². The lowest BCUT2D eigenvalue weighted by Gasteiger charge is -2.07. The van der Waals surface area contributed by atoms with Gasteiger partial charge in [0.25, 0.3) is 0 Å². The number of ether oxygens (including phenoxy) is 1. The molecule has 5 heteroatoms. The zero-order valence-electron chi connectivity index (χ0n) is 16.7. The number of benzene rings is 3. The predicted octanol–water partition coefficient (Wildman–Crippen LogP) is 4.50. The van der Waals surface area contributed by atoms with Crippen LogP contribution in [0.1, 0.15) is 17.5 Å². The molecule has 0 aliphatic rings. The lowest BCUT2D eigenvalue weighted by Crippen LogP contribution is -2.24. The highest BCUT2D eigenvalue weighted by molar-refractivity contribution is 7.89. The van der Waals surface area contributed by atoms with Gasteiger partial charge in [0, 0.05) is 17.7 Å². The lowest BCUT2D eigenvalue weighted by molar-refractivity contribution is 0.414. The van der Waals surface area contributed by atoms with Gasteiger partial charge in [0.1, 0.15) is 5.75 Å². The van der Waals surface area contributed by atoms with Crippen LogP contribution in [0.15, 0.2) is 95.9 Å². The van der Waals surface area contributed by atoms with Crippen LogP contribution in [0.3, 0.4) is 0 Å². The molecule has 4 nitrogen and oxygen atoms in total. The number of allylic oxidation sites excluding steroid dienone is 1. The van der Waals surface area contributed by atoms with E-state index in [-0.39, 0.29) is 11.4 Å². The molecule has 1 N–H and O–H groups in total. The van der Waals surface area contributed by atoms with E-state index in [0.29, 0.717) is 12.2 Å². The van der Waals surface area contributed by atoms with E-state index in [9.17, 15) is 8.42 Å². The van der Waals surface area contributed by atoms with Crippen molar-refractivity contribution >= 4 is 15.6 Å². The smallest absolute Gasteiger partial charge is 0.240 e. The van der Waals surface area contributed by atoms with Crippen LogP contribution in [0.25, 0.3) is 5.57 Å². The molecule has 0 aliphatic heterocycles. The molecule has 0 saturated carbocycles. The molecule has 0 atom stereocenters. The van der Waals surface area contributed by atoms with Crippen LogP contribution >= 0.6 is 0 Å². The van der Waals surface area contributed by atoms with Gasteiger partial charge in [0.2, 0.25) is 10.0 Å². The van der Waals surface area contributed by atoms with Gasteiger partial charge in [-0.2, -0.15) is 0 Å². The molecule has 0 amide bonds. The van der Waals surface area contributed by atoms with E-state index in [1.165, 1.54) is 12.1 Å². The normalized spacial score (nSPS) is 11.4. The third-order valence-electron chi connectivity index (χ3n) is 4.35. The fraction of sp³-hybridized carbons (Fsp3) is 0.120. The summed E-state index contributed by atoms with van der Waals surface area (Å²) in [7, 11) is -2.03. The third kappa shape index (κ3) is 6.08. The van der Waals surface area contributed by atoms with E-state index in [1.54, 1.807) is 19.2 Å². The average molecular weight is 418 g/mol. The first-order chi connectivity index (χ1) is 14.6. The molecule has 3 aromatic carbocycles. The predicted molar refractivity (Wildman–Crippen MR) is 121 cm³/mol. The number of nitrogens with one attached hydrogen (secondary N) is 1. The minimum atomic E-state index is -3.57. The summed E-state index contributed by atoms with van der Waals surface area (Å²) >= 11 is 0. The first kappa shape index (κ1) is 21.4. The van der Waals surface area contributed by atoms with Crippen molar-refractivity contribution in [1.29, 1.82) is 0 Å². The molecule has 0 bridgehead atoms. The fourth-order valence-electron chi connectivity index (χ4n) is 2.77. The number of hydrogen-bond acceptors (Lipinski definition) is 3. The van der Waals surface area contributed by atoms with Crippen molar-refractivity contribution in [3.8, 4) is 17.6 Å². The third-order valence-corrected chi connectivity index (χ3v) is 5.83. The molecular weight excluding hydrogens is 394 g/mol. The van der Waals surface area contributed by atoms with Crippen LogP contribution < -0.4 is 9.46 Å². The standard InChI is InChI=1S/C25H23NO3S/c1-29-24-16-18-25(19-17-24)30(27,28)26-20-8-13-23(22-11-6-3-7-12-22)15-14-21-9-4-2-5-10-21/h2-7,9-13,16-19,26H,8,20H2,1H3/b23-13+. The summed E-state index contributed by atoms with van der Waals surface area (Å²) in [6.45, 7) is 0.276. The molecule has 0 spiro atoms. The topological polar surface area (TPSA) is 55.4 Å². The maximum Gasteiger partial charge on any atom is 0.240 e. The van der Waals surface area contributed by atoms with Gasteiger partial charge >= 0.3 is 0 Å². The first-order valence-corrected chi connectivity index (χ1v) is 11.0. The van der Waals surface area contributed by atoms with Gasteiger partial charge < -0.3 is 4.74 Å². The van der Waals surface area contributed by atoms with E-state index < -0.39 is 10.0 Å². The van der Waals surface area contributed by atoms with E-state index in [4.69, 9.17) is 4.74 Å². The van der Waals surface area contributed by atoms with Gasteiger partial charge in [0.15, 0.2) is 0 Å². The van der Waals surface area contributed by atoms with E-state index in [0.717, 1.165) is 16.7 Å². The van der Waals surface area contributed by atoms with Crippen LogP contribution in [0.4, 0.5) is 0 Å². The van der Waals surface area contributed by atoms with Crippen molar-refractivity contribution in [3.63, 3.8) is 0 Å². The van der Waals surface area contributed by atoms with Crippen LogP contribution in [0, 0.1) is 11.8 Å². The summed E-state index contributed by atoms with van der Waals surface area (Å²) in [6, 6.07) is 25.9.